The molecule has 2 heterocycles. The Morgan fingerprint density at radius 1 is 1.24 bits per heavy atom. The molecule has 1 saturated heterocycles. The van der Waals surface area contributed by atoms with Crippen molar-refractivity contribution in [2.45, 2.75) is 32.2 Å². The van der Waals surface area contributed by atoms with Gasteiger partial charge in [-0.05, 0) is 36.3 Å². The number of rotatable bonds is 1. The molecule has 0 spiro atoms. The van der Waals surface area contributed by atoms with Gasteiger partial charge in [0.05, 0.1) is 6.04 Å². The van der Waals surface area contributed by atoms with Crippen LogP contribution in [0.25, 0.3) is 0 Å². The van der Waals surface area contributed by atoms with Crippen LogP contribution in [0.1, 0.15) is 36.9 Å². The molecule has 3 rings (SSSR count). The van der Waals surface area contributed by atoms with Crippen molar-refractivity contribution < 1.29 is 4.79 Å². The summed E-state index contributed by atoms with van der Waals surface area (Å²) < 4.78 is 0. The van der Waals surface area contributed by atoms with E-state index in [0.717, 1.165) is 44.8 Å². The van der Waals surface area contributed by atoms with Gasteiger partial charge in [-0.1, -0.05) is 31.2 Å². The Balaban J connectivity index is 1.78. The van der Waals surface area contributed by atoms with E-state index in [0.29, 0.717) is 6.54 Å². The molecule has 0 aromatic heterocycles. The lowest BCUT2D eigenvalue weighted by Gasteiger charge is -2.41. The van der Waals surface area contributed by atoms with Crippen molar-refractivity contribution in [3.63, 3.8) is 0 Å². The maximum atomic E-state index is 12.8. The molecular weight excluding hydrogens is 262 g/mol. The molecule has 0 bridgehead atoms. The minimum atomic E-state index is 0.0294. The third-order valence-corrected chi connectivity index (χ3v) is 4.94. The average Bonchev–Trinajstić information content (AvgIpc) is 2.53. The molecule has 1 aromatic rings. The van der Waals surface area contributed by atoms with E-state index < -0.39 is 0 Å². The molecule has 0 radical (unpaired) electrons. The van der Waals surface area contributed by atoms with E-state index in [-0.39, 0.29) is 12.1 Å². The zero-order valence-corrected chi connectivity index (χ0v) is 12.8. The van der Waals surface area contributed by atoms with E-state index in [1.165, 1.54) is 11.1 Å². The lowest BCUT2D eigenvalue weighted by Crippen LogP contribution is -2.51. The van der Waals surface area contributed by atoms with Gasteiger partial charge < -0.3 is 15.5 Å². The standard InChI is InChI=1S/C17H25N3O/c1-13-6-9-19(10-7-13)17(21)20-11-8-14-4-2-3-5-15(14)16(20)12-18/h2-5,13,16H,6-12,18H2,1H3. The molecule has 114 valence electrons. The minimum Gasteiger partial charge on any atom is -0.328 e. The molecular formula is C17H25N3O. The molecule has 1 aromatic carbocycles. The van der Waals surface area contributed by atoms with Gasteiger partial charge in [-0.25, -0.2) is 4.79 Å². The summed E-state index contributed by atoms with van der Waals surface area (Å²) in [5, 5.41) is 0. The number of fused-ring (bicyclic) bond motifs is 1. The maximum absolute atomic E-state index is 12.8. The van der Waals surface area contributed by atoms with Crippen molar-refractivity contribution in [1.29, 1.82) is 0 Å². The predicted octanol–water partition coefficient (Wildman–Crippen LogP) is 2.40. The number of carbonyl (C=O) groups excluding carboxylic acids is 1. The van der Waals surface area contributed by atoms with Crippen LogP contribution in [0.5, 0.6) is 0 Å². The lowest BCUT2D eigenvalue weighted by molar-refractivity contribution is 0.115. The topological polar surface area (TPSA) is 49.6 Å². The molecule has 1 atom stereocenters. The molecule has 4 heteroatoms. The van der Waals surface area contributed by atoms with Gasteiger partial charge in [0.25, 0.3) is 0 Å². The number of hydrogen-bond acceptors (Lipinski definition) is 2. The van der Waals surface area contributed by atoms with Gasteiger partial charge in [-0.2, -0.15) is 0 Å². The molecule has 1 unspecified atom stereocenters. The lowest BCUT2D eigenvalue weighted by atomic mass is 9.92. The average molecular weight is 287 g/mol. The smallest absolute Gasteiger partial charge is 0.320 e. The number of nitrogens with zero attached hydrogens (tertiary/aromatic N) is 2. The Labute approximate surface area is 126 Å². The Hall–Kier alpha value is -1.55. The van der Waals surface area contributed by atoms with Crippen molar-refractivity contribution in [1.82, 2.24) is 9.80 Å². The van der Waals surface area contributed by atoms with Crippen LogP contribution in [0.4, 0.5) is 4.79 Å². The molecule has 21 heavy (non-hydrogen) atoms. The first-order valence-electron chi connectivity index (χ1n) is 8.04. The summed E-state index contributed by atoms with van der Waals surface area (Å²) in [4.78, 5) is 16.8. The van der Waals surface area contributed by atoms with Crippen molar-refractivity contribution in [3.05, 3.63) is 35.4 Å². The number of urea groups is 1. The summed E-state index contributed by atoms with van der Waals surface area (Å²) in [5.41, 5.74) is 8.55. The number of likely N-dealkylation sites (tertiary alicyclic amines) is 1. The largest absolute Gasteiger partial charge is 0.328 e. The Kier molecular flexibility index (Phi) is 4.15. The molecule has 0 aliphatic carbocycles. The van der Waals surface area contributed by atoms with E-state index >= 15 is 0 Å². The normalized spacial score (nSPS) is 23.0. The number of hydrogen-bond donors (Lipinski definition) is 1. The fourth-order valence-electron chi connectivity index (χ4n) is 3.52. The van der Waals surface area contributed by atoms with Crippen LogP contribution in [0.2, 0.25) is 0 Å². The fraction of sp³-hybridized carbons (Fsp3) is 0.588. The summed E-state index contributed by atoms with van der Waals surface area (Å²) in [5.74, 6) is 0.737. The predicted molar refractivity (Wildman–Crippen MR) is 84.0 cm³/mol. The molecule has 2 aliphatic heterocycles. The van der Waals surface area contributed by atoms with E-state index in [9.17, 15) is 4.79 Å². The molecule has 2 aliphatic rings. The second kappa shape index (κ2) is 6.06. The number of amides is 2. The zero-order valence-electron chi connectivity index (χ0n) is 12.8. The SMILES string of the molecule is CC1CCN(C(=O)N2CCc3ccccc3C2CN)CC1. The van der Waals surface area contributed by atoms with E-state index in [1.54, 1.807) is 0 Å². The maximum Gasteiger partial charge on any atom is 0.320 e. The summed E-state index contributed by atoms with van der Waals surface area (Å²) in [6.07, 6.45) is 3.16. The van der Waals surface area contributed by atoms with E-state index in [4.69, 9.17) is 5.73 Å². The molecule has 1 fully saturated rings. The second-order valence-electron chi connectivity index (χ2n) is 6.35. The van der Waals surface area contributed by atoms with Crippen LogP contribution in [0.3, 0.4) is 0 Å². The molecule has 0 saturated carbocycles. The van der Waals surface area contributed by atoms with Gasteiger partial charge in [-0.15, -0.1) is 0 Å². The molecule has 2 N–H and O–H groups in total. The van der Waals surface area contributed by atoms with Crippen LogP contribution < -0.4 is 5.73 Å². The first-order chi connectivity index (χ1) is 10.2. The highest BCUT2D eigenvalue weighted by molar-refractivity contribution is 5.75. The number of carbonyl (C=O) groups is 1. The summed E-state index contributed by atoms with van der Waals surface area (Å²) in [7, 11) is 0. The first kappa shape index (κ1) is 14.4. The van der Waals surface area contributed by atoms with Crippen molar-refractivity contribution >= 4 is 6.03 Å². The number of piperidine rings is 1. The minimum absolute atomic E-state index is 0.0294. The Morgan fingerprint density at radius 2 is 1.95 bits per heavy atom. The van der Waals surface area contributed by atoms with Crippen LogP contribution >= 0.6 is 0 Å². The van der Waals surface area contributed by atoms with Crippen LogP contribution in [0, 0.1) is 5.92 Å². The van der Waals surface area contributed by atoms with Crippen LogP contribution in [-0.2, 0) is 6.42 Å². The third-order valence-electron chi connectivity index (χ3n) is 4.94. The van der Waals surface area contributed by atoms with Gasteiger partial charge in [-0.3, -0.25) is 0 Å². The summed E-state index contributed by atoms with van der Waals surface area (Å²) >= 11 is 0. The van der Waals surface area contributed by atoms with Gasteiger partial charge in [0.1, 0.15) is 0 Å². The first-order valence-corrected chi connectivity index (χ1v) is 8.04. The highest BCUT2D eigenvalue weighted by Gasteiger charge is 2.33. The quantitative estimate of drug-likeness (QED) is 0.862. The molecule has 2 amide bonds. The van der Waals surface area contributed by atoms with Crippen molar-refractivity contribution in [3.8, 4) is 0 Å². The van der Waals surface area contributed by atoms with Crippen molar-refractivity contribution in [2.75, 3.05) is 26.2 Å². The highest BCUT2D eigenvalue weighted by Crippen LogP contribution is 2.30. The summed E-state index contributed by atoms with van der Waals surface area (Å²) in [6.45, 7) is 5.31. The second-order valence-corrected chi connectivity index (χ2v) is 6.35. The van der Waals surface area contributed by atoms with Crippen LogP contribution in [0.15, 0.2) is 24.3 Å². The van der Waals surface area contributed by atoms with Crippen molar-refractivity contribution in [2.24, 2.45) is 11.7 Å². The van der Waals surface area contributed by atoms with E-state index in [2.05, 4.69) is 25.1 Å². The summed E-state index contributed by atoms with van der Waals surface area (Å²) in [6, 6.07) is 8.58. The van der Waals surface area contributed by atoms with Gasteiger partial charge in [0, 0.05) is 26.2 Å². The zero-order chi connectivity index (χ0) is 14.8. The van der Waals surface area contributed by atoms with Gasteiger partial charge in [0.15, 0.2) is 0 Å². The molecule has 4 nitrogen and oxygen atoms in total. The van der Waals surface area contributed by atoms with E-state index in [1.807, 2.05) is 15.9 Å². The third kappa shape index (κ3) is 2.77. The van der Waals surface area contributed by atoms with Gasteiger partial charge in [0.2, 0.25) is 0 Å². The Morgan fingerprint density at radius 3 is 2.67 bits per heavy atom. The number of nitrogens with two attached hydrogens (primary N) is 1. The van der Waals surface area contributed by atoms with Crippen LogP contribution in [-0.4, -0.2) is 42.0 Å². The fourth-order valence-corrected chi connectivity index (χ4v) is 3.52. The monoisotopic (exact) mass is 287 g/mol. The highest BCUT2D eigenvalue weighted by atomic mass is 16.2. The Bertz CT molecular complexity index is 509. The number of benzene rings is 1. The van der Waals surface area contributed by atoms with Gasteiger partial charge >= 0.3 is 6.03 Å².